The summed E-state index contributed by atoms with van der Waals surface area (Å²) in [6.45, 7) is 5.00. The van der Waals surface area contributed by atoms with Gasteiger partial charge in [-0.3, -0.25) is 0 Å². The fourth-order valence-electron chi connectivity index (χ4n) is 0. The molecule has 14 heavy (non-hydrogen) atoms. The van der Waals surface area contributed by atoms with E-state index in [-0.39, 0.29) is 127 Å². The van der Waals surface area contributed by atoms with Gasteiger partial charge in [-0.25, -0.2) is 0 Å². The van der Waals surface area contributed by atoms with E-state index in [4.69, 9.17) is 0 Å². The molecule has 0 saturated carbocycles. The maximum absolute atomic E-state index is 3.25. The van der Waals surface area contributed by atoms with Crippen molar-refractivity contribution in [3.05, 3.63) is 81.2 Å². The monoisotopic (exact) mass is 359 g/mol. The largest absolute Gasteiger partial charge is 0.358 e. The van der Waals surface area contributed by atoms with Crippen LogP contribution in [0.5, 0.6) is 0 Å². The number of hydrogen-bond acceptors (Lipinski definition) is 0. The van der Waals surface area contributed by atoms with Crippen LogP contribution < -0.4 is 0 Å². The summed E-state index contributed by atoms with van der Waals surface area (Å²) in [6.07, 6.45) is 0. The van der Waals surface area contributed by atoms with E-state index in [0.29, 0.717) is 0 Å². The molecule has 0 saturated heterocycles. The van der Waals surface area contributed by atoms with Crippen LogP contribution in [-0.2, 0) is 52.4 Å². The molecule has 0 aromatic rings. The minimum atomic E-state index is 0. The Morgan fingerprint density at radius 2 is 0.357 bits per heavy atom. The van der Waals surface area contributed by atoms with E-state index in [9.17, 15) is 0 Å². The Morgan fingerprint density at radius 3 is 0.357 bits per heavy atom. The molecule has 0 aromatic carbocycles. The van der Waals surface area contributed by atoms with E-state index in [2.05, 4.69) is 6.92 Å². The van der Waals surface area contributed by atoms with Gasteiger partial charge in [0.05, 0.1) is 0 Å². The average Bonchev–Trinajstić information content (AvgIpc) is 1.00. The molecule has 0 aliphatic carbocycles. The molecule has 0 heterocycles. The van der Waals surface area contributed by atoms with Gasteiger partial charge in [-0.15, -0.1) is 0 Å². The van der Waals surface area contributed by atoms with Crippen molar-refractivity contribution in [3.63, 3.8) is 0 Å². The molecule has 102 valence electrons. The summed E-state index contributed by atoms with van der Waals surface area (Å²) in [5.74, 6) is 0. The van der Waals surface area contributed by atoms with Crippen molar-refractivity contribution in [2.75, 3.05) is 0 Å². The van der Waals surface area contributed by atoms with E-state index in [1.807, 2.05) is 0 Å². The van der Waals surface area contributed by atoms with Crippen molar-refractivity contribution in [2.24, 2.45) is 0 Å². The van der Waals surface area contributed by atoms with E-state index < -0.39 is 0 Å². The smallest absolute Gasteiger partial charge is 0 e. The normalized spacial score (nSPS) is 0.429. The Bertz CT molecular complexity index is 8.28. The minimum Gasteiger partial charge on any atom is -0.358 e. The summed E-state index contributed by atoms with van der Waals surface area (Å²) < 4.78 is 0. The van der Waals surface area contributed by atoms with E-state index in [1.54, 1.807) is 6.92 Å². The van der Waals surface area contributed by atoms with Crippen LogP contribution in [0.25, 0.3) is 0 Å². The van der Waals surface area contributed by atoms with Gasteiger partial charge in [-0.2, -0.15) is 6.92 Å². The van der Waals surface area contributed by atoms with Crippen LogP contribution in [-0.4, -0.2) is 0 Å². The second kappa shape index (κ2) is 897. The number of rotatable bonds is 0. The maximum atomic E-state index is 3.25. The predicted molar refractivity (Wildman–Crippen MR) is 75.2 cm³/mol. The molecule has 0 bridgehead atoms. The third kappa shape index (κ3) is 719. The predicted octanol–water partition coefficient (Wildman–Crippen LogP) is 5.34. The van der Waals surface area contributed by atoms with Crippen LogP contribution in [0.15, 0.2) is 0 Å². The third-order valence-corrected chi connectivity index (χ3v) is 0. The molecule has 0 atom stereocenters. The van der Waals surface area contributed by atoms with E-state index in [1.165, 1.54) is 0 Å². The Balaban J connectivity index is -0.0000000000758. The first kappa shape index (κ1) is 449. The fourth-order valence-corrected chi connectivity index (χ4v) is 0. The topological polar surface area (TPSA) is 0 Å². The van der Waals surface area contributed by atoms with E-state index in [0.717, 1.165) is 0 Å². The van der Waals surface area contributed by atoms with Gasteiger partial charge < -0.3 is 81.2 Å². The molecule has 0 aliphatic heterocycles. The molecule has 0 nitrogen and oxygen atoms in total. The van der Waals surface area contributed by atoms with Gasteiger partial charge in [0.2, 0.25) is 0 Å². The Labute approximate surface area is 139 Å². The molecule has 0 N–H and O–H groups in total. The van der Waals surface area contributed by atoms with Crippen molar-refractivity contribution < 1.29 is 52.4 Å². The van der Waals surface area contributed by atoms with Gasteiger partial charge in [-0.1, -0.05) is 0 Å². The van der Waals surface area contributed by atoms with Gasteiger partial charge in [0.25, 0.3) is 0 Å². The number of hydrogen-bond donors (Lipinski definition) is 0. The average molecular weight is 362 g/mol. The summed E-state index contributed by atoms with van der Waals surface area (Å²) >= 11 is 0. The first-order valence-corrected chi connectivity index (χ1v) is 0.707. The van der Waals surface area contributed by atoms with Crippen molar-refractivity contribution in [1.82, 2.24) is 0 Å². The van der Waals surface area contributed by atoms with Gasteiger partial charge >= 0.3 is 0 Å². The second-order valence-corrected chi connectivity index (χ2v) is 0. The van der Waals surface area contributed by atoms with E-state index >= 15 is 0 Å². The molecule has 0 radical (unpaired) electrons. The fraction of sp³-hybridized carbons (Fsp3) is 0.0833. The minimum absolute atomic E-state index is 0. The van der Waals surface area contributed by atoms with Crippen LogP contribution in [0.2, 0.25) is 0 Å². The zero-order valence-electron chi connectivity index (χ0n) is 12.7. The van der Waals surface area contributed by atoms with Crippen LogP contribution in [0.4, 0.5) is 0 Å². The van der Waals surface area contributed by atoms with Gasteiger partial charge in [-0.05, 0) is 0 Å². The quantitative estimate of drug-likeness (QED) is 0.511. The summed E-state index contributed by atoms with van der Waals surface area (Å²) in [7, 11) is 0. The van der Waals surface area contributed by atoms with Crippen LogP contribution in [0, 0.1) is 81.2 Å². The van der Waals surface area contributed by atoms with Crippen LogP contribution >= 0.6 is 0 Å². The molecule has 0 amide bonds. The zero-order chi connectivity index (χ0) is 2.00. The van der Waals surface area contributed by atoms with Crippen molar-refractivity contribution in [2.45, 2.75) is 6.92 Å². The molecule has 0 aromatic heterocycles. The van der Waals surface area contributed by atoms with Crippen LogP contribution in [0.3, 0.4) is 0 Å². The Kier molecular flexibility index (Phi) is 28800. The van der Waals surface area contributed by atoms with Crippen LogP contribution in [0.1, 0.15) is 6.92 Å². The Morgan fingerprint density at radius 1 is 0.357 bits per heavy atom. The Hall–Kier alpha value is 1.77. The first-order chi connectivity index (χ1) is 1.00. The van der Waals surface area contributed by atoms with Gasteiger partial charge in [0.1, 0.15) is 0 Å². The summed E-state index contributed by atoms with van der Waals surface area (Å²) in [6, 6.07) is 0. The molecule has 0 rings (SSSR count). The van der Waals surface area contributed by atoms with Crippen molar-refractivity contribution in [3.8, 4) is 0 Å². The SMILES string of the molecule is [CH2-]C.[CH3-].[CH3-].[CH3-].[CH3-].[CH3-].[CH3-].[CH3-].[CH3-].[CH3-].[CH3-].[Zr].[Zr]. The van der Waals surface area contributed by atoms with Gasteiger partial charge in [0.15, 0.2) is 0 Å². The molecule has 0 aliphatic rings. The van der Waals surface area contributed by atoms with Crippen molar-refractivity contribution in [1.29, 1.82) is 0 Å². The molecular weight excluding hydrogens is 327 g/mol. The standard InChI is InChI=1S/C2H5.10CH3.2Zr/c1-2;;;;;;;;;;;;/h1H2,2H3;10*1H3;;/q11*-1;;. The molecular formula is C12H35Zr2-11. The van der Waals surface area contributed by atoms with Gasteiger partial charge in [0, 0.05) is 52.4 Å². The summed E-state index contributed by atoms with van der Waals surface area (Å²) in [5.41, 5.74) is 0. The first-order valence-electron chi connectivity index (χ1n) is 0.707. The summed E-state index contributed by atoms with van der Waals surface area (Å²) in [4.78, 5) is 0. The molecule has 0 fully saturated rings. The third-order valence-electron chi connectivity index (χ3n) is 0. The summed E-state index contributed by atoms with van der Waals surface area (Å²) in [5, 5.41) is 0. The molecule has 0 unspecified atom stereocenters. The molecule has 0 spiro atoms. The van der Waals surface area contributed by atoms with Crippen molar-refractivity contribution >= 4 is 0 Å². The zero-order valence-corrected chi connectivity index (χ0v) is 17.6. The molecule has 2 heteroatoms. The second-order valence-electron chi connectivity index (χ2n) is 0. The maximum Gasteiger partial charge on any atom is 0 e.